The quantitative estimate of drug-likeness (QED) is 0.283. The minimum atomic E-state index is -0.763. The van der Waals surface area contributed by atoms with E-state index in [4.69, 9.17) is 13.7 Å². The van der Waals surface area contributed by atoms with Gasteiger partial charge in [0.2, 0.25) is 0 Å². The molecule has 2 aromatic heterocycles. The zero-order valence-electron chi connectivity index (χ0n) is 20.8. The molecule has 6 heteroatoms. The van der Waals surface area contributed by atoms with E-state index in [1.165, 1.54) is 5.57 Å². The molecule has 1 N–H and O–H groups in total. The van der Waals surface area contributed by atoms with Crippen LogP contribution >= 0.6 is 0 Å². The highest BCUT2D eigenvalue weighted by atomic mass is 16.5. The minimum Gasteiger partial charge on any atom is -0.493 e. The average Bonchev–Trinajstić information content (AvgIpc) is 3.54. The van der Waals surface area contributed by atoms with Crippen LogP contribution < -0.4 is 4.74 Å². The molecular formula is C31H29NO5. The molecule has 37 heavy (non-hydrogen) atoms. The molecule has 188 valence electrons. The summed E-state index contributed by atoms with van der Waals surface area (Å²) >= 11 is 0. The molecule has 6 rings (SSSR count). The van der Waals surface area contributed by atoms with Crippen LogP contribution in [-0.4, -0.2) is 22.8 Å². The Morgan fingerprint density at radius 3 is 2.81 bits per heavy atom. The summed E-state index contributed by atoms with van der Waals surface area (Å²) in [5, 5.41) is 14.7. The Morgan fingerprint density at radius 1 is 1.14 bits per heavy atom. The summed E-state index contributed by atoms with van der Waals surface area (Å²) in [4.78, 5) is 11.4. The second kappa shape index (κ2) is 9.77. The second-order valence-corrected chi connectivity index (χ2v) is 9.74. The number of carbonyl (C=O) groups is 1. The molecule has 0 bridgehead atoms. The Labute approximate surface area is 215 Å². The molecule has 0 spiro atoms. The van der Waals surface area contributed by atoms with Crippen molar-refractivity contribution in [1.29, 1.82) is 0 Å². The molecule has 6 nitrogen and oxygen atoms in total. The van der Waals surface area contributed by atoms with Crippen molar-refractivity contribution in [3.05, 3.63) is 88.9 Å². The van der Waals surface area contributed by atoms with Crippen molar-refractivity contribution in [3.63, 3.8) is 0 Å². The maximum Gasteiger partial charge on any atom is 0.310 e. The third-order valence-corrected chi connectivity index (χ3v) is 7.32. The molecule has 1 unspecified atom stereocenters. The fourth-order valence-electron chi connectivity index (χ4n) is 5.47. The van der Waals surface area contributed by atoms with Gasteiger partial charge in [0.25, 0.3) is 0 Å². The number of aryl methyl sites for hydroxylation is 2. The lowest BCUT2D eigenvalue weighted by Gasteiger charge is -2.23. The van der Waals surface area contributed by atoms with Crippen molar-refractivity contribution in [2.75, 3.05) is 6.61 Å². The number of rotatable bonds is 8. The first-order chi connectivity index (χ1) is 18.1. The van der Waals surface area contributed by atoms with Gasteiger partial charge in [0.1, 0.15) is 23.0 Å². The Balaban J connectivity index is 1.19. The van der Waals surface area contributed by atoms with E-state index >= 15 is 0 Å². The standard InChI is InChI=1S/C31H29NO5/c1-2-6-24-27(14-12-25-29(32-37-30(24)25)19-7-4-3-5-8-19)35-16-15-22-18-26-23-11-9-21(31(33)34)17-20(23)10-13-28(26)36-22/h3-5,7-9,11-12,14,18,21H,2,6,10,13,15-17H2,1H3,(H,33,34). The molecule has 2 aliphatic rings. The molecule has 0 amide bonds. The summed E-state index contributed by atoms with van der Waals surface area (Å²) in [5.41, 5.74) is 7.15. The van der Waals surface area contributed by atoms with Crippen molar-refractivity contribution in [2.45, 2.75) is 45.4 Å². The van der Waals surface area contributed by atoms with E-state index in [-0.39, 0.29) is 0 Å². The van der Waals surface area contributed by atoms with Gasteiger partial charge in [-0.15, -0.1) is 0 Å². The number of ether oxygens (including phenoxy) is 1. The number of allylic oxidation sites excluding steroid dienone is 3. The Bertz CT molecular complexity index is 1520. The maximum absolute atomic E-state index is 11.4. The van der Waals surface area contributed by atoms with Gasteiger partial charge in [-0.25, -0.2) is 0 Å². The summed E-state index contributed by atoms with van der Waals surface area (Å²) in [7, 11) is 0. The molecular weight excluding hydrogens is 466 g/mol. The molecule has 2 aliphatic carbocycles. The van der Waals surface area contributed by atoms with E-state index in [2.05, 4.69) is 18.1 Å². The van der Waals surface area contributed by atoms with Crippen LogP contribution in [0, 0.1) is 5.92 Å². The Hall–Kier alpha value is -4.06. The average molecular weight is 496 g/mol. The van der Waals surface area contributed by atoms with Gasteiger partial charge in [-0.2, -0.15) is 0 Å². The molecule has 0 saturated heterocycles. The normalized spacial score (nSPS) is 16.6. The SMILES string of the molecule is CCCc1c(OCCc2cc3c(o2)CCC2=C3C=CC(C(=O)O)C2)ccc2c(-c3ccccc3)noc12. The van der Waals surface area contributed by atoms with Crippen LogP contribution in [-0.2, 0) is 24.1 Å². The summed E-state index contributed by atoms with van der Waals surface area (Å²) < 4.78 is 18.3. The molecule has 0 aliphatic heterocycles. The van der Waals surface area contributed by atoms with Crippen LogP contribution in [0.1, 0.15) is 48.8 Å². The van der Waals surface area contributed by atoms with E-state index in [0.717, 1.165) is 81.9 Å². The van der Waals surface area contributed by atoms with E-state index in [1.54, 1.807) is 6.08 Å². The summed E-state index contributed by atoms with van der Waals surface area (Å²) in [6, 6.07) is 16.2. The van der Waals surface area contributed by atoms with Gasteiger partial charge >= 0.3 is 5.97 Å². The van der Waals surface area contributed by atoms with E-state index < -0.39 is 11.9 Å². The Kier molecular flexibility index (Phi) is 6.16. The Morgan fingerprint density at radius 2 is 2.00 bits per heavy atom. The molecule has 0 saturated carbocycles. The molecule has 2 aromatic carbocycles. The van der Waals surface area contributed by atoms with Gasteiger partial charge in [-0.05, 0) is 43.0 Å². The first-order valence-corrected chi connectivity index (χ1v) is 13.0. The lowest BCUT2D eigenvalue weighted by molar-refractivity contribution is -0.140. The first-order valence-electron chi connectivity index (χ1n) is 13.0. The number of benzene rings is 2. The third kappa shape index (κ3) is 4.37. The smallest absolute Gasteiger partial charge is 0.310 e. The number of hydrogen-bond acceptors (Lipinski definition) is 5. The number of carboxylic acid groups (broad SMARTS) is 1. The lowest BCUT2D eigenvalue weighted by atomic mass is 9.81. The largest absolute Gasteiger partial charge is 0.493 e. The van der Waals surface area contributed by atoms with Gasteiger partial charge in [0.05, 0.1) is 17.9 Å². The van der Waals surface area contributed by atoms with Gasteiger partial charge in [-0.3, -0.25) is 4.79 Å². The van der Waals surface area contributed by atoms with Crippen molar-refractivity contribution in [1.82, 2.24) is 5.16 Å². The van der Waals surface area contributed by atoms with Crippen LogP contribution in [0.3, 0.4) is 0 Å². The van der Waals surface area contributed by atoms with Crippen LogP contribution in [0.25, 0.3) is 27.8 Å². The van der Waals surface area contributed by atoms with Crippen molar-refractivity contribution < 1.29 is 23.6 Å². The number of carboxylic acids is 1. The van der Waals surface area contributed by atoms with Crippen molar-refractivity contribution in [3.8, 4) is 17.0 Å². The number of hydrogen-bond donors (Lipinski definition) is 1. The molecule has 4 aromatic rings. The topological polar surface area (TPSA) is 85.7 Å². The molecule has 0 fully saturated rings. The summed E-state index contributed by atoms with van der Waals surface area (Å²) in [6.45, 7) is 2.63. The third-order valence-electron chi connectivity index (χ3n) is 7.32. The van der Waals surface area contributed by atoms with Crippen LogP contribution in [0.5, 0.6) is 5.75 Å². The predicted octanol–water partition coefficient (Wildman–Crippen LogP) is 7.02. The van der Waals surface area contributed by atoms with E-state index in [1.807, 2.05) is 48.5 Å². The summed E-state index contributed by atoms with van der Waals surface area (Å²) in [6.07, 6.45) is 8.45. The molecule has 2 heterocycles. The predicted molar refractivity (Wildman–Crippen MR) is 141 cm³/mol. The van der Waals surface area contributed by atoms with Gasteiger partial charge in [-0.1, -0.05) is 66.6 Å². The van der Waals surface area contributed by atoms with E-state index in [9.17, 15) is 9.90 Å². The highest BCUT2D eigenvalue weighted by Crippen LogP contribution is 2.40. The van der Waals surface area contributed by atoms with E-state index in [0.29, 0.717) is 19.4 Å². The fourth-order valence-corrected chi connectivity index (χ4v) is 5.47. The van der Waals surface area contributed by atoms with Gasteiger partial charge in [0.15, 0.2) is 5.58 Å². The highest BCUT2D eigenvalue weighted by molar-refractivity contribution is 5.94. The lowest BCUT2D eigenvalue weighted by Crippen LogP contribution is -2.17. The number of furan rings is 1. The summed E-state index contributed by atoms with van der Waals surface area (Å²) in [5.74, 6) is 1.50. The number of nitrogens with zero attached hydrogens (tertiary/aromatic N) is 1. The number of fused-ring (bicyclic) bond motifs is 3. The zero-order chi connectivity index (χ0) is 25.4. The number of aliphatic carboxylic acids is 1. The van der Waals surface area contributed by atoms with Crippen molar-refractivity contribution >= 4 is 22.5 Å². The van der Waals surface area contributed by atoms with Crippen LogP contribution in [0.2, 0.25) is 0 Å². The highest BCUT2D eigenvalue weighted by Gasteiger charge is 2.28. The van der Waals surface area contributed by atoms with Crippen LogP contribution in [0.4, 0.5) is 0 Å². The van der Waals surface area contributed by atoms with Crippen LogP contribution in [0.15, 0.2) is 75.2 Å². The minimum absolute atomic E-state index is 0.428. The van der Waals surface area contributed by atoms with Gasteiger partial charge < -0.3 is 18.8 Å². The maximum atomic E-state index is 11.4. The zero-order valence-corrected chi connectivity index (χ0v) is 20.8. The first kappa shape index (κ1) is 23.3. The fraction of sp³-hybridized carbons (Fsp3) is 0.290. The number of aromatic nitrogens is 1. The monoisotopic (exact) mass is 495 g/mol. The molecule has 0 radical (unpaired) electrons. The molecule has 1 atom stereocenters. The second-order valence-electron chi connectivity index (χ2n) is 9.74. The van der Waals surface area contributed by atoms with Gasteiger partial charge in [0, 0.05) is 29.5 Å². The van der Waals surface area contributed by atoms with Crippen molar-refractivity contribution in [2.24, 2.45) is 5.92 Å².